The Morgan fingerprint density at radius 1 is 1.29 bits per heavy atom. The van der Waals surface area contributed by atoms with Crippen molar-refractivity contribution < 1.29 is 0 Å². The lowest BCUT2D eigenvalue weighted by Crippen LogP contribution is -2.19. The van der Waals surface area contributed by atoms with Gasteiger partial charge >= 0.3 is 0 Å². The maximum absolute atomic E-state index is 4.16. The monoisotopic (exact) mass is 238 g/mol. The lowest BCUT2D eigenvalue weighted by atomic mass is 10.2. The molecule has 0 radical (unpaired) electrons. The Labute approximate surface area is 105 Å². The van der Waals surface area contributed by atoms with Crippen molar-refractivity contribution in [3.63, 3.8) is 0 Å². The number of hydrogen-bond donors (Lipinski definition) is 1. The van der Waals surface area contributed by atoms with Crippen molar-refractivity contribution >= 4 is 0 Å². The Kier molecular flexibility index (Phi) is 6.86. The van der Waals surface area contributed by atoms with E-state index in [1.54, 1.807) is 0 Å². The third-order valence-electron chi connectivity index (χ3n) is 2.69. The van der Waals surface area contributed by atoms with Crippen LogP contribution in [-0.4, -0.2) is 21.5 Å². The number of rotatable bonds is 9. The Bertz CT molecular complexity index is 293. The summed E-state index contributed by atoms with van der Waals surface area (Å²) < 4.78 is 1.96. The van der Waals surface area contributed by atoms with E-state index in [0.717, 1.165) is 25.3 Å². The van der Waals surface area contributed by atoms with E-state index in [0.29, 0.717) is 5.92 Å². The largest absolute Gasteiger partial charge is 0.311 e. The molecule has 0 saturated heterocycles. The molecule has 0 fully saturated rings. The second-order valence-corrected chi connectivity index (χ2v) is 5.06. The average molecular weight is 238 g/mol. The van der Waals surface area contributed by atoms with Crippen LogP contribution in [0.2, 0.25) is 0 Å². The second kappa shape index (κ2) is 8.23. The molecule has 1 heterocycles. The van der Waals surface area contributed by atoms with Crippen molar-refractivity contribution in [2.24, 2.45) is 5.92 Å². The van der Waals surface area contributed by atoms with E-state index in [9.17, 15) is 0 Å². The van der Waals surface area contributed by atoms with Gasteiger partial charge in [0.1, 0.15) is 0 Å². The molecule has 1 rings (SSSR count). The Morgan fingerprint density at radius 2 is 2.12 bits per heavy atom. The molecule has 0 aliphatic carbocycles. The molecule has 0 amide bonds. The molecule has 98 valence electrons. The summed E-state index contributed by atoms with van der Waals surface area (Å²) in [5, 5.41) is 11.7. The quantitative estimate of drug-likeness (QED) is 0.672. The van der Waals surface area contributed by atoms with Gasteiger partial charge in [0.05, 0.1) is 5.69 Å². The molecular formula is C13H26N4. The number of nitrogens with zero attached hydrogens (tertiary/aromatic N) is 3. The fourth-order valence-corrected chi connectivity index (χ4v) is 1.72. The van der Waals surface area contributed by atoms with Crippen molar-refractivity contribution in [2.75, 3.05) is 6.54 Å². The lowest BCUT2D eigenvalue weighted by Gasteiger charge is -2.04. The minimum Gasteiger partial charge on any atom is -0.311 e. The summed E-state index contributed by atoms with van der Waals surface area (Å²) in [4.78, 5) is 0. The average Bonchev–Trinajstić information content (AvgIpc) is 2.72. The summed E-state index contributed by atoms with van der Waals surface area (Å²) in [7, 11) is 0. The van der Waals surface area contributed by atoms with Crippen molar-refractivity contribution in [2.45, 2.75) is 59.5 Å². The second-order valence-electron chi connectivity index (χ2n) is 5.06. The summed E-state index contributed by atoms with van der Waals surface area (Å²) in [6, 6.07) is 0. The molecule has 1 N–H and O–H groups in total. The molecule has 0 aliphatic heterocycles. The minimum atomic E-state index is 0.680. The molecule has 17 heavy (non-hydrogen) atoms. The minimum absolute atomic E-state index is 0.680. The van der Waals surface area contributed by atoms with Gasteiger partial charge in [-0.15, -0.1) is 5.10 Å². The maximum Gasteiger partial charge on any atom is 0.0964 e. The Morgan fingerprint density at radius 3 is 2.82 bits per heavy atom. The Hall–Kier alpha value is -0.900. The fraction of sp³-hybridized carbons (Fsp3) is 0.846. The first kappa shape index (κ1) is 14.2. The van der Waals surface area contributed by atoms with Gasteiger partial charge in [-0.3, -0.25) is 4.68 Å². The predicted molar refractivity (Wildman–Crippen MR) is 70.7 cm³/mol. The van der Waals surface area contributed by atoms with Crippen LogP contribution in [0.15, 0.2) is 6.20 Å². The first-order chi connectivity index (χ1) is 8.22. The van der Waals surface area contributed by atoms with Gasteiger partial charge in [-0.1, -0.05) is 45.2 Å². The van der Waals surface area contributed by atoms with Crippen LogP contribution in [0.3, 0.4) is 0 Å². The van der Waals surface area contributed by atoms with Crippen LogP contribution < -0.4 is 5.32 Å². The van der Waals surface area contributed by atoms with Crippen LogP contribution >= 0.6 is 0 Å². The highest BCUT2D eigenvalue weighted by Crippen LogP contribution is 2.01. The molecule has 1 aromatic rings. The fourth-order valence-electron chi connectivity index (χ4n) is 1.72. The van der Waals surface area contributed by atoms with E-state index >= 15 is 0 Å². The number of hydrogen-bond acceptors (Lipinski definition) is 3. The zero-order chi connectivity index (χ0) is 12.5. The molecule has 0 spiro atoms. The highest BCUT2D eigenvalue weighted by molar-refractivity contribution is 4.91. The Balaban J connectivity index is 2.18. The van der Waals surface area contributed by atoms with E-state index in [2.05, 4.69) is 42.6 Å². The van der Waals surface area contributed by atoms with Gasteiger partial charge in [-0.05, 0) is 18.9 Å². The highest BCUT2D eigenvalue weighted by Gasteiger charge is 2.00. The summed E-state index contributed by atoms with van der Waals surface area (Å²) >= 11 is 0. The lowest BCUT2D eigenvalue weighted by molar-refractivity contribution is 0.527. The first-order valence-electron chi connectivity index (χ1n) is 6.82. The van der Waals surface area contributed by atoms with Gasteiger partial charge in [0.25, 0.3) is 0 Å². The molecule has 1 aromatic heterocycles. The van der Waals surface area contributed by atoms with Crippen LogP contribution in [0.5, 0.6) is 0 Å². The zero-order valence-electron chi connectivity index (χ0n) is 11.4. The summed E-state index contributed by atoms with van der Waals surface area (Å²) in [6.07, 6.45) is 7.14. The van der Waals surface area contributed by atoms with Crippen molar-refractivity contribution in [3.8, 4) is 0 Å². The molecule has 0 aliphatic rings. The standard InChI is InChI=1S/C13H26N4/c1-4-5-6-7-8-17-11-13(15-16-17)10-14-9-12(2)3/h11-12,14H,4-10H2,1-3H3. The van der Waals surface area contributed by atoms with Crippen LogP contribution in [0.1, 0.15) is 52.1 Å². The third-order valence-corrected chi connectivity index (χ3v) is 2.69. The van der Waals surface area contributed by atoms with Gasteiger partial charge in [-0.2, -0.15) is 0 Å². The molecule has 0 aromatic carbocycles. The topological polar surface area (TPSA) is 42.7 Å². The number of unbranched alkanes of at least 4 members (excludes halogenated alkanes) is 3. The summed E-state index contributed by atoms with van der Waals surface area (Å²) in [5.74, 6) is 0.680. The van der Waals surface area contributed by atoms with Gasteiger partial charge in [-0.25, -0.2) is 0 Å². The van der Waals surface area contributed by atoms with Gasteiger partial charge in [0.2, 0.25) is 0 Å². The molecule has 0 bridgehead atoms. The number of aromatic nitrogens is 3. The molecular weight excluding hydrogens is 212 g/mol. The summed E-state index contributed by atoms with van der Waals surface area (Å²) in [5.41, 5.74) is 1.04. The molecule has 0 unspecified atom stereocenters. The zero-order valence-corrected chi connectivity index (χ0v) is 11.4. The van der Waals surface area contributed by atoms with Crippen LogP contribution in [0, 0.1) is 5.92 Å². The molecule has 0 atom stereocenters. The predicted octanol–water partition coefficient (Wildman–Crippen LogP) is 2.60. The highest BCUT2D eigenvalue weighted by atomic mass is 15.4. The van der Waals surface area contributed by atoms with Crippen molar-refractivity contribution in [3.05, 3.63) is 11.9 Å². The van der Waals surface area contributed by atoms with Crippen LogP contribution in [0.25, 0.3) is 0 Å². The third kappa shape index (κ3) is 6.41. The number of aryl methyl sites for hydroxylation is 1. The first-order valence-corrected chi connectivity index (χ1v) is 6.82. The smallest absolute Gasteiger partial charge is 0.0964 e. The van der Waals surface area contributed by atoms with E-state index in [4.69, 9.17) is 0 Å². The molecule has 4 heteroatoms. The normalized spacial score (nSPS) is 11.3. The molecule has 4 nitrogen and oxygen atoms in total. The van der Waals surface area contributed by atoms with E-state index in [-0.39, 0.29) is 0 Å². The summed E-state index contributed by atoms with van der Waals surface area (Å²) in [6.45, 7) is 9.50. The number of nitrogens with one attached hydrogen (secondary N) is 1. The SMILES string of the molecule is CCCCCCn1cc(CNCC(C)C)nn1. The van der Waals surface area contributed by atoms with Crippen molar-refractivity contribution in [1.82, 2.24) is 20.3 Å². The van der Waals surface area contributed by atoms with E-state index in [1.165, 1.54) is 25.7 Å². The van der Waals surface area contributed by atoms with Crippen LogP contribution in [0.4, 0.5) is 0 Å². The van der Waals surface area contributed by atoms with Gasteiger partial charge in [0.15, 0.2) is 0 Å². The molecule has 0 saturated carbocycles. The van der Waals surface area contributed by atoms with E-state index in [1.807, 2.05) is 4.68 Å². The van der Waals surface area contributed by atoms with Crippen molar-refractivity contribution in [1.29, 1.82) is 0 Å². The van der Waals surface area contributed by atoms with E-state index < -0.39 is 0 Å². The van der Waals surface area contributed by atoms with Gasteiger partial charge in [0, 0.05) is 19.3 Å². The van der Waals surface area contributed by atoms with Gasteiger partial charge < -0.3 is 5.32 Å². The maximum atomic E-state index is 4.16. The van der Waals surface area contributed by atoms with Crippen LogP contribution in [-0.2, 0) is 13.1 Å².